The van der Waals surface area contributed by atoms with Gasteiger partial charge in [-0.15, -0.1) is 0 Å². The fourth-order valence-electron chi connectivity index (χ4n) is 2.29. The molecule has 98 valence electrons. The van der Waals surface area contributed by atoms with Crippen molar-refractivity contribution in [2.45, 2.75) is 12.8 Å². The maximum Gasteiger partial charge on any atom is 0.323 e. The number of imidazole rings is 1. The molecule has 1 aromatic carbocycles. The molecule has 1 amide bonds. The van der Waals surface area contributed by atoms with Crippen molar-refractivity contribution in [3.8, 4) is 0 Å². The second-order valence-corrected chi connectivity index (χ2v) is 4.48. The van der Waals surface area contributed by atoms with Gasteiger partial charge in [0.15, 0.2) is 0 Å². The molecule has 3 rings (SSSR count). The second kappa shape index (κ2) is 4.64. The van der Waals surface area contributed by atoms with Crippen LogP contribution in [0.1, 0.15) is 22.5 Å². The number of benzene rings is 1. The molecule has 3 N–H and O–H groups in total. The number of fused-ring (bicyclic) bond motifs is 1. The molecule has 1 aliphatic rings. The quantitative estimate of drug-likeness (QED) is 0.745. The van der Waals surface area contributed by atoms with Crippen LogP contribution in [0, 0.1) is 0 Å². The Kier molecular flexibility index (Phi) is 2.83. The number of nitrogens with one attached hydrogen (secondary N) is 3. The van der Waals surface area contributed by atoms with Crippen molar-refractivity contribution in [3.05, 3.63) is 52.2 Å². The van der Waals surface area contributed by atoms with Crippen LogP contribution in [0.3, 0.4) is 0 Å². The van der Waals surface area contributed by atoms with Crippen LogP contribution in [0.25, 0.3) is 0 Å². The number of aromatic amines is 2. The van der Waals surface area contributed by atoms with Gasteiger partial charge in [0.1, 0.15) is 5.69 Å². The number of amides is 1. The number of H-pyrrole nitrogens is 2. The molecule has 0 saturated heterocycles. The van der Waals surface area contributed by atoms with Crippen molar-refractivity contribution in [2.24, 2.45) is 0 Å². The van der Waals surface area contributed by atoms with Gasteiger partial charge in [-0.1, -0.05) is 18.2 Å². The molecule has 0 saturated carbocycles. The maximum absolute atomic E-state index is 12.0. The van der Waals surface area contributed by atoms with Crippen LogP contribution in [0.2, 0.25) is 0 Å². The van der Waals surface area contributed by atoms with Gasteiger partial charge in [0.25, 0.3) is 5.91 Å². The van der Waals surface area contributed by atoms with Crippen LogP contribution in [0.4, 0.5) is 5.69 Å². The minimum Gasteiger partial charge on any atom is -0.312 e. The first-order valence-corrected chi connectivity index (χ1v) is 6.18. The third-order valence-corrected chi connectivity index (χ3v) is 3.19. The summed E-state index contributed by atoms with van der Waals surface area (Å²) in [7, 11) is 0. The zero-order chi connectivity index (χ0) is 13.2. The topological polar surface area (TPSA) is 81.0 Å². The molecule has 1 aliphatic heterocycles. The van der Waals surface area contributed by atoms with E-state index in [1.807, 2.05) is 23.2 Å². The summed E-state index contributed by atoms with van der Waals surface area (Å²) < 4.78 is 0. The van der Waals surface area contributed by atoms with Crippen LogP contribution in [0.5, 0.6) is 0 Å². The average molecular weight is 258 g/mol. The molecule has 2 heterocycles. The lowest BCUT2D eigenvalue weighted by atomic mass is 10.0. The molecule has 19 heavy (non-hydrogen) atoms. The number of carbonyl (C=O) groups is 1. The van der Waals surface area contributed by atoms with E-state index in [-0.39, 0.29) is 17.3 Å². The van der Waals surface area contributed by atoms with E-state index in [2.05, 4.69) is 21.5 Å². The molecule has 0 aliphatic carbocycles. The van der Waals surface area contributed by atoms with Crippen LogP contribution in [-0.4, -0.2) is 22.4 Å². The highest BCUT2D eigenvalue weighted by Gasteiger charge is 2.19. The number of hydrogen-bond donors (Lipinski definition) is 3. The van der Waals surface area contributed by atoms with Crippen LogP contribution in [0.15, 0.2) is 35.3 Å². The predicted octanol–water partition coefficient (Wildman–Crippen LogP) is 0.801. The SMILES string of the molecule is O=C(NN1CCCc2ccccc21)c1c[nH]c(=O)[nH]1. The molecule has 0 atom stereocenters. The summed E-state index contributed by atoms with van der Waals surface area (Å²) in [6.07, 6.45) is 3.37. The first-order chi connectivity index (χ1) is 9.24. The van der Waals surface area contributed by atoms with Crippen molar-refractivity contribution in [2.75, 3.05) is 11.6 Å². The summed E-state index contributed by atoms with van der Waals surface area (Å²) >= 11 is 0. The molecule has 6 nitrogen and oxygen atoms in total. The van der Waals surface area contributed by atoms with Crippen molar-refractivity contribution in [1.82, 2.24) is 15.4 Å². The van der Waals surface area contributed by atoms with Gasteiger partial charge in [-0.05, 0) is 24.5 Å². The zero-order valence-corrected chi connectivity index (χ0v) is 10.3. The van der Waals surface area contributed by atoms with E-state index < -0.39 is 0 Å². The Bertz CT molecular complexity index is 658. The molecule has 0 unspecified atom stereocenters. The Hall–Kier alpha value is -2.50. The minimum absolute atomic E-state index is 0.230. The second-order valence-electron chi connectivity index (χ2n) is 4.48. The highest BCUT2D eigenvalue weighted by molar-refractivity contribution is 5.93. The summed E-state index contributed by atoms with van der Waals surface area (Å²) in [6, 6.07) is 7.98. The van der Waals surface area contributed by atoms with Gasteiger partial charge < -0.3 is 9.97 Å². The highest BCUT2D eigenvalue weighted by Crippen LogP contribution is 2.24. The first-order valence-electron chi connectivity index (χ1n) is 6.18. The van der Waals surface area contributed by atoms with Gasteiger partial charge in [-0.25, -0.2) is 4.79 Å². The smallest absolute Gasteiger partial charge is 0.312 e. The van der Waals surface area contributed by atoms with Crippen LogP contribution >= 0.6 is 0 Å². The number of para-hydroxylation sites is 1. The lowest BCUT2D eigenvalue weighted by molar-refractivity contribution is 0.0943. The summed E-state index contributed by atoms with van der Waals surface area (Å²) in [5.41, 5.74) is 4.89. The zero-order valence-electron chi connectivity index (χ0n) is 10.3. The lowest BCUT2D eigenvalue weighted by Gasteiger charge is -2.31. The molecule has 1 aromatic heterocycles. The number of aryl methyl sites for hydroxylation is 1. The van der Waals surface area contributed by atoms with Crippen molar-refractivity contribution >= 4 is 11.6 Å². The van der Waals surface area contributed by atoms with Crippen molar-refractivity contribution in [3.63, 3.8) is 0 Å². The minimum atomic E-state index is -0.385. The number of carbonyl (C=O) groups excluding carboxylic acids is 1. The highest BCUT2D eigenvalue weighted by atomic mass is 16.2. The van der Waals surface area contributed by atoms with Gasteiger partial charge in [-0.2, -0.15) is 0 Å². The summed E-state index contributed by atoms with van der Waals surface area (Å²) in [4.78, 5) is 27.8. The Morgan fingerprint density at radius 1 is 1.32 bits per heavy atom. The van der Waals surface area contributed by atoms with Gasteiger partial charge in [0, 0.05) is 12.7 Å². The molecule has 0 fully saturated rings. The van der Waals surface area contributed by atoms with E-state index in [0.29, 0.717) is 0 Å². The van der Waals surface area contributed by atoms with E-state index in [9.17, 15) is 9.59 Å². The first kappa shape index (κ1) is 11.6. The normalized spacial score (nSPS) is 14.0. The standard InChI is InChI=1S/C13H14N4O2/c18-12(10-8-14-13(19)15-10)16-17-7-3-5-9-4-1-2-6-11(9)17/h1-2,4,6,8H,3,5,7H2,(H,16,18)(H2,14,15,19). The number of anilines is 1. The number of hydrazine groups is 1. The van der Waals surface area contributed by atoms with E-state index in [1.54, 1.807) is 0 Å². The molecular weight excluding hydrogens is 244 g/mol. The summed E-state index contributed by atoms with van der Waals surface area (Å²) in [5, 5.41) is 1.83. The molecule has 6 heteroatoms. The van der Waals surface area contributed by atoms with E-state index in [1.165, 1.54) is 11.8 Å². The lowest BCUT2D eigenvalue weighted by Crippen LogP contribution is -2.45. The molecule has 0 bridgehead atoms. The number of nitrogens with zero attached hydrogens (tertiary/aromatic N) is 1. The molecule has 0 spiro atoms. The number of aromatic nitrogens is 2. The van der Waals surface area contributed by atoms with E-state index in [4.69, 9.17) is 0 Å². The van der Waals surface area contributed by atoms with Gasteiger partial charge >= 0.3 is 5.69 Å². The van der Waals surface area contributed by atoms with Crippen molar-refractivity contribution < 1.29 is 4.79 Å². The van der Waals surface area contributed by atoms with E-state index in [0.717, 1.165) is 25.1 Å². The Morgan fingerprint density at radius 2 is 2.16 bits per heavy atom. The summed E-state index contributed by atoms with van der Waals surface area (Å²) in [6.45, 7) is 0.761. The Labute approximate surface area is 109 Å². The molecule has 2 aromatic rings. The van der Waals surface area contributed by atoms with Crippen LogP contribution < -0.4 is 16.1 Å². The third kappa shape index (κ3) is 2.24. The predicted molar refractivity (Wildman–Crippen MR) is 71.0 cm³/mol. The van der Waals surface area contributed by atoms with Crippen molar-refractivity contribution in [1.29, 1.82) is 0 Å². The molecular formula is C13H14N4O2. The fraction of sp³-hybridized carbons (Fsp3) is 0.231. The largest absolute Gasteiger partial charge is 0.323 e. The monoisotopic (exact) mass is 258 g/mol. The van der Waals surface area contributed by atoms with Crippen LogP contribution in [-0.2, 0) is 6.42 Å². The average Bonchev–Trinajstić information content (AvgIpc) is 2.86. The fourth-order valence-corrected chi connectivity index (χ4v) is 2.29. The summed E-state index contributed by atoms with van der Waals surface area (Å²) in [5.74, 6) is -0.324. The van der Waals surface area contributed by atoms with Gasteiger partial charge in [0.05, 0.1) is 5.69 Å². The maximum atomic E-state index is 12.0. The Morgan fingerprint density at radius 3 is 2.95 bits per heavy atom. The number of rotatable bonds is 2. The number of hydrogen-bond acceptors (Lipinski definition) is 3. The molecule has 0 radical (unpaired) electrons. The van der Waals surface area contributed by atoms with Gasteiger partial charge in [-0.3, -0.25) is 15.2 Å². The third-order valence-electron chi connectivity index (χ3n) is 3.19. The Balaban J connectivity index is 1.81. The van der Waals surface area contributed by atoms with E-state index >= 15 is 0 Å². The van der Waals surface area contributed by atoms with Gasteiger partial charge in [0.2, 0.25) is 0 Å².